The van der Waals surface area contributed by atoms with Crippen molar-refractivity contribution in [3.8, 4) is 5.75 Å². The second-order valence-corrected chi connectivity index (χ2v) is 2.64. The molecule has 1 aromatic rings. The van der Waals surface area contributed by atoms with E-state index in [9.17, 15) is 9.59 Å². The van der Waals surface area contributed by atoms with E-state index in [4.69, 9.17) is 4.74 Å². The third-order valence-electron chi connectivity index (χ3n) is 1.68. The normalized spacial score (nSPS) is 13.6. The van der Waals surface area contributed by atoms with Gasteiger partial charge in [-0.2, -0.15) is 0 Å². The SMILES string of the molecule is O=CNc1ccc2c(n1)NC(=O)CO2. The van der Waals surface area contributed by atoms with E-state index >= 15 is 0 Å². The van der Waals surface area contributed by atoms with Gasteiger partial charge < -0.3 is 15.4 Å². The van der Waals surface area contributed by atoms with Gasteiger partial charge in [-0.15, -0.1) is 0 Å². The summed E-state index contributed by atoms with van der Waals surface area (Å²) in [5.74, 6) is 0.937. The molecule has 0 radical (unpaired) electrons. The molecule has 1 aliphatic rings. The minimum Gasteiger partial charge on any atom is -0.480 e. The molecule has 14 heavy (non-hydrogen) atoms. The van der Waals surface area contributed by atoms with Crippen LogP contribution in [0.4, 0.5) is 11.6 Å². The summed E-state index contributed by atoms with van der Waals surface area (Å²) in [5.41, 5.74) is 0. The minimum atomic E-state index is -0.256. The maximum absolute atomic E-state index is 10.9. The Hall–Kier alpha value is -2.11. The van der Waals surface area contributed by atoms with Crippen molar-refractivity contribution in [2.45, 2.75) is 0 Å². The summed E-state index contributed by atoms with van der Waals surface area (Å²) < 4.78 is 5.08. The Morgan fingerprint density at radius 2 is 2.43 bits per heavy atom. The number of carbonyl (C=O) groups excluding carboxylic acids is 2. The number of nitrogens with zero attached hydrogens (tertiary/aromatic N) is 1. The van der Waals surface area contributed by atoms with E-state index < -0.39 is 0 Å². The molecule has 2 heterocycles. The van der Waals surface area contributed by atoms with Gasteiger partial charge in [0.1, 0.15) is 5.82 Å². The highest BCUT2D eigenvalue weighted by molar-refractivity contribution is 5.94. The number of fused-ring (bicyclic) bond motifs is 1. The summed E-state index contributed by atoms with van der Waals surface area (Å²) in [6, 6.07) is 3.22. The maximum atomic E-state index is 10.9. The fraction of sp³-hybridized carbons (Fsp3) is 0.125. The van der Waals surface area contributed by atoms with Gasteiger partial charge in [-0.05, 0) is 12.1 Å². The van der Waals surface area contributed by atoms with Crippen LogP contribution in [0.5, 0.6) is 5.75 Å². The molecule has 2 N–H and O–H groups in total. The molecular weight excluding hydrogens is 186 g/mol. The van der Waals surface area contributed by atoms with Gasteiger partial charge in [0.25, 0.3) is 5.91 Å². The topological polar surface area (TPSA) is 80.3 Å². The number of pyridine rings is 1. The number of nitrogens with one attached hydrogen (secondary N) is 2. The lowest BCUT2D eigenvalue weighted by atomic mass is 10.3. The average molecular weight is 193 g/mol. The Morgan fingerprint density at radius 1 is 1.57 bits per heavy atom. The van der Waals surface area contributed by atoms with Gasteiger partial charge in [-0.25, -0.2) is 4.98 Å². The van der Waals surface area contributed by atoms with Crippen LogP contribution in [0, 0.1) is 0 Å². The lowest BCUT2D eigenvalue weighted by Gasteiger charge is -2.16. The molecule has 0 unspecified atom stereocenters. The molecule has 1 aromatic heterocycles. The van der Waals surface area contributed by atoms with Crippen LogP contribution < -0.4 is 15.4 Å². The number of ether oxygens (including phenoxy) is 1. The third-order valence-corrected chi connectivity index (χ3v) is 1.68. The molecule has 0 saturated carbocycles. The van der Waals surface area contributed by atoms with E-state index in [2.05, 4.69) is 15.6 Å². The predicted octanol–water partition coefficient (Wildman–Crippen LogP) is -0.0192. The van der Waals surface area contributed by atoms with Crippen molar-refractivity contribution in [3.05, 3.63) is 12.1 Å². The Morgan fingerprint density at radius 3 is 3.21 bits per heavy atom. The highest BCUT2D eigenvalue weighted by atomic mass is 16.5. The van der Waals surface area contributed by atoms with Gasteiger partial charge >= 0.3 is 0 Å². The molecule has 2 rings (SSSR count). The number of carbonyl (C=O) groups is 2. The van der Waals surface area contributed by atoms with Gasteiger partial charge in [0, 0.05) is 0 Å². The quantitative estimate of drug-likeness (QED) is 0.647. The molecule has 6 heteroatoms. The monoisotopic (exact) mass is 193 g/mol. The van der Waals surface area contributed by atoms with E-state index in [1.807, 2.05) is 0 Å². The van der Waals surface area contributed by atoms with Crippen LogP contribution in [-0.2, 0) is 9.59 Å². The summed E-state index contributed by atoms with van der Waals surface area (Å²) in [6.45, 7) is -0.00483. The first-order valence-corrected chi connectivity index (χ1v) is 3.93. The van der Waals surface area contributed by atoms with E-state index in [1.54, 1.807) is 12.1 Å². The number of hydrogen-bond donors (Lipinski definition) is 2. The molecule has 1 aliphatic heterocycles. The largest absolute Gasteiger partial charge is 0.480 e. The van der Waals surface area contributed by atoms with Crippen molar-refractivity contribution in [2.75, 3.05) is 17.2 Å². The zero-order valence-electron chi connectivity index (χ0n) is 7.11. The smallest absolute Gasteiger partial charge is 0.263 e. The average Bonchev–Trinajstić information content (AvgIpc) is 2.17. The highest BCUT2D eigenvalue weighted by Crippen LogP contribution is 2.26. The standard InChI is InChI=1S/C8H7N3O3/c12-4-9-6-2-1-5-8(10-6)11-7(13)3-14-5/h1-2,4H,3H2,(H2,9,10,11,12,13). The zero-order chi connectivity index (χ0) is 9.97. The Labute approximate surface area is 79.3 Å². The second-order valence-electron chi connectivity index (χ2n) is 2.64. The highest BCUT2D eigenvalue weighted by Gasteiger charge is 2.16. The second kappa shape index (κ2) is 3.33. The minimum absolute atomic E-state index is 0.00483. The lowest BCUT2D eigenvalue weighted by molar-refractivity contribution is -0.118. The fourth-order valence-corrected chi connectivity index (χ4v) is 1.10. The van der Waals surface area contributed by atoms with Gasteiger partial charge in [0.05, 0.1) is 0 Å². The van der Waals surface area contributed by atoms with Crippen molar-refractivity contribution in [1.29, 1.82) is 0 Å². The fourth-order valence-electron chi connectivity index (χ4n) is 1.10. The van der Waals surface area contributed by atoms with Crippen molar-refractivity contribution in [1.82, 2.24) is 4.98 Å². The van der Waals surface area contributed by atoms with Gasteiger partial charge in [0.15, 0.2) is 18.2 Å². The molecule has 0 aromatic carbocycles. The summed E-state index contributed by atoms with van der Waals surface area (Å²) in [4.78, 5) is 25.0. The number of amides is 2. The van der Waals surface area contributed by atoms with Crippen molar-refractivity contribution >= 4 is 24.0 Å². The Kier molecular flexibility index (Phi) is 2.02. The summed E-state index contributed by atoms with van der Waals surface area (Å²) >= 11 is 0. The van der Waals surface area contributed by atoms with Crippen LogP contribution in [0.1, 0.15) is 0 Å². The molecule has 0 bridgehead atoms. The molecule has 72 valence electrons. The molecule has 0 aliphatic carbocycles. The van der Waals surface area contributed by atoms with Crippen LogP contribution in [-0.4, -0.2) is 23.9 Å². The van der Waals surface area contributed by atoms with E-state index in [0.717, 1.165) is 0 Å². The van der Waals surface area contributed by atoms with Crippen LogP contribution >= 0.6 is 0 Å². The van der Waals surface area contributed by atoms with Crippen LogP contribution in [0.2, 0.25) is 0 Å². The number of hydrogen-bond acceptors (Lipinski definition) is 4. The molecule has 0 spiro atoms. The first-order valence-electron chi connectivity index (χ1n) is 3.93. The number of aromatic nitrogens is 1. The van der Waals surface area contributed by atoms with Gasteiger partial charge in [0.2, 0.25) is 6.41 Å². The van der Waals surface area contributed by atoms with Crippen LogP contribution in [0.25, 0.3) is 0 Å². The Bertz CT molecular complexity index is 391. The molecule has 6 nitrogen and oxygen atoms in total. The van der Waals surface area contributed by atoms with E-state index in [0.29, 0.717) is 23.8 Å². The van der Waals surface area contributed by atoms with Gasteiger partial charge in [-0.3, -0.25) is 9.59 Å². The van der Waals surface area contributed by atoms with Crippen LogP contribution in [0.15, 0.2) is 12.1 Å². The van der Waals surface area contributed by atoms with Crippen molar-refractivity contribution in [3.63, 3.8) is 0 Å². The molecular formula is C8H7N3O3. The van der Waals surface area contributed by atoms with Gasteiger partial charge in [-0.1, -0.05) is 0 Å². The molecule has 0 atom stereocenters. The summed E-state index contributed by atoms with van der Waals surface area (Å²) in [6.07, 6.45) is 0.514. The predicted molar refractivity (Wildman–Crippen MR) is 48.0 cm³/mol. The van der Waals surface area contributed by atoms with E-state index in [-0.39, 0.29) is 12.5 Å². The van der Waals surface area contributed by atoms with Crippen molar-refractivity contribution < 1.29 is 14.3 Å². The van der Waals surface area contributed by atoms with Crippen LogP contribution in [0.3, 0.4) is 0 Å². The maximum Gasteiger partial charge on any atom is 0.263 e. The van der Waals surface area contributed by atoms with E-state index in [1.165, 1.54) is 0 Å². The Balaban J connectivity index is 2.32. The lowest BCUT2D eigenvalue weighted by Crippen LogP contribution is -2.26. The first kappa shape index (κ1) is 8.49. The molecule has 0 saturated heterocycles. The third kappa shape index (κ3) is 1.49. The summed E-state index contributed by atoms with van der Waals surface area (Å²) in [5, 5.41) is 4.90. The van der Waals surface area contributed by atoms with Crippen molar-refractivity contribution in [2.24, 2.45) is 0 Å². The number of anilines is 2. The zero-order valence-corrected chi connectivity index (χ0v) is 7.11. The summed E-state index contributed by atoms with van der Waals surface area (Å²) in [7, 11) is 0. The molecule has 0 fully saturated rings. The number of rotatable bonds is 2. The molecule has 2 amide bonds. The first-order chi connectivity index (χ1) is 6.79.